The van der Waals surface area contributed by atoms with Gasteiger partial charge in [0, 0.05) is 11.8 Å². The minimum Gasteiger partial charge on any atom is -0.369 e. The van der Waals surface area contributed by atoms with Crippen molar-refractivity contribution in [1.82, 2.24) is 9.97 Å². The lowest BCUT2D eigenvalue weighted by Crippen LogP contribution is -2.10. The van der Waals surface area contributed by atoms with Crippen molar-refractivity contribution < 1.29 is 0 Å². The zero-order valence-corrected chi connectivity index (χ0v) is 15.6. The molecule has 0 radical (unpaired) electrons. The first-order valence-electron chi connectivity index (χ1n) is 7.38. The molecule has 1 rings (SSSR count). The topological polar surface area (TPSA) is 37.8 Å². The molecule has 1 atom stereocenters. The highest BCUT2D eigenvalue weighted by molar-refractivity contribution is 9.10. The third kappa shape index (κ3) is 5.60. The summed E-state index contributed by atoms with van der Waals surface area (Å²) in [6, 6.07) is 0. The first kappa shape index (κ1) is 17.8. The first-order valence-corrected chi connectivity index (χ1v) is 9.22. The van der Waals surface area contributed by atoms with Gasteiger partial charge in [0.05, 0.1) is 15.9 Å². The summed E-state index contributed by atoms with van der Waals surface area (Å²) in [7, 11) is 0. The van der Waals surface area contributed by atoms with Crippen LogP contribution in [0, 0.1) is 5.92 Å². The van der Waals surface area contributed by atoms with Gasteiger partial charge in [-0.1, -0.05) is 27.7 Å². The minimum absolute atomic E-state index is 0.589. The van der Waals surface area contributed by atoms with Crippen molar-refractivity contribution in [3.05, 3.63) is 16.0 Å². The summed E-state index contributed by atoms with van der Waals surface area (Å²) in [5, 5.41) is 3.98. The van der Waals surface area contributed by atoms with Crippen molar-refractivity contribution in [2.24, 2.45) is 5.92 Å². The summed E-state index contributed by atoms with van der Waals surface area (Å²) in [5.41, 5.74) is 1.12. The normalized spacial score (nSPS) is 12.8. The Morgan fingerprint density at radius 3 is 2.45 bits per heavy atom. The van der Waals surface area contributed by atoms with Gasteiger partial charge < -0.3 is 5.32 Å². The van der Waals surface area contributed by atoms with E-state index in [1.54, 1.807) is 0 Å². The Morgan fingerprint density at radius 1 is 1.20 bits per heavy atom. The van der Waals surface area contributed by atoms with Gasteiger partial charge in [-0.25, -0.2) is 9.97 Å². The van der Waals surface area contributed by atoms with Crippen LogP contribution >= 0.6 is 27.7 Å². The zero-order chi connectivity index (χ0) is 15.1. The molecule has 0 saturated carbocycles. The lowest BCUT2D eigenvalue weighted by molar-refractivity contribution is 0.629. The van der Waals surface area contributed by atoms with E-state index in [0.717, 1.165) is 40.5 Å². The Balaban J connectivity index is 2.95. The van der Waals surface area contributed by atoms with Gasteiger partial charge in [-0.3, -0.25) is 0 Å². The highest BCUT2D eigenvalue weighted by Gasteiger charge is 2.13. The summed E-state index contributed by atoms with van der Waals surface area (Å²) in [6.45, 7) is 11.9. The Labute approximate surface area is 135 Å². The number of halogens is 1. The second-order valence-corrected chi connectivity index (χ2v) is 7.63. The molecule has 1 aromatic rings. The Bertz CT molecular complexity index is 424. The third-order valence-corrected chi connectivity index (χ3v) is 5.14. The van der Waals surface area contributed by atoms with Crippen LogP contribution in [0.25, 0.3) is 0 Å². The average Bonchev–Trinajstić information content (AvgIpc) is 2.40. The van der Waals surface area contributed by atoms with Crippen LogP contribution in [0.15, 0.2) is 4.47 Å². The van der Waals surface area contributed by atoms with E-state index in [2.05, 4.69) is 60.8 Å². The Kier molecular flexibility index (Phi) is 7.88. The summed E-state index contributed by atoms with van der Waals surface area (Å²) >= 11 is 5.57. The van der Waals surface area contributed by atoms with Gasteiger partial charge in [-0.15, -0.1) is 0 Å². The fourth-order valence-corrected chi connectivity index (χ4v) is 3.03. The quantitative estimate of drug-likeness (QED) is 0.715. The van der Waals surface area contributed by atoms with Crippen molar-refractivity contribution in [1.29, 1.82) is 0 Å². The van der Waals surface area contributed by atoms with Gasteiger partial charge in [0.1, 0.15) is 11.6 Å². The molecule has 114 valence electrons. The van der Waals surface area contributed by atoms with E-state index >= 15 is 0 Å². The second kappa shape index (κ2) is 8.88. The van der Waals surface area contributed by atoms with E-state index < -0.39 is 0 Å². The van der Waals surface area contributed by atoms with Crippen LogP contribution in [0.5, 0.6) is 0 Å². The van der Waals surface area contributed by atoms with E-state index in [1.165, 1.54) is 6.42 Å². The largest absolute Gasteiger partial charge is 0.369 e. The molecule has 1 N–H and O–H groups in total. The van der Waals surface area contributed by atoms with Gasteiger partial charge in [0.25, 0.3) is 0 Å². The molecule has 5 heteroatoms. The lowest BCUT2D eigenvalue weighted by atomic mass is 10.1. The number of hydrogen-bond donors (Lipinski definition) is 1. The summed E-state index contributed by atoms with van der Waals surface area (Å²) in [5.74, 6) is 3.33. The van der Waals surface area contributed by atoms with Gasteiger partial charge in [0.2, 0.25) is 0 Å². The highest BCUT2D eigenvalue weighted by atomic mass is 79.9. The van der Waals surface area contributed by atoms with Crippen LogP contribution in [0.3, 0.4) is 0 Å². The minimum atomic E-state index is 0.589. The SMILES string of the molecule is CCNc1nc(CSC(C)CC)nc(CC(C)C)c1Br. The molecule has 1 aromatic heterocycles. The van der Waals surface area contributed by atoms with E-state index in [9.17, 15) is 0 Å². The maximum absolute atomic E-state index is 4.74. The smallest absolute Gasteiger partial charge is 0.144 e. The molecule has 0 aliphatic heterocycles. The standard InChI is InChI=1S/C15H26BrN3S/c1-6-11(5)20-9-13-18-12(8-10(3)4)14(16)15(19-13)17-7-2/h10-11H,6-9H2,1-5H3,(H,17,18,19). The second-order valence-electron chi connectivity index (χ2n) is 5.41. The van der Waals surface area contributed by atoms with Crippen LogP contribution in [-0.4, -0.2) is 21.8 Å². The molecule has 0 fully saturated rings. The summed E-state index contributed by atoms with van der Waals surface area (Å²) < 4.78 is 1.02. The maximum atomic E-state index is 4.74. The molecule has 0 aromatic carbocycles. The lowest BCUT2D eigenvalue weighted by Gasteiger charge is -2.14. The molecule has 0 aliphatic rings. The molecule has 1 unspecified atom stereocenters. The number of nitrogens with one attached hydrogen (secondary N) is 1. The molecule has 1 heterocycles. The third-order valence-electron chi connectivity index (χ3n) is 2.98. The van der Waals surface area contributed by atoms with Gasteiger partial charge in [0.15, 0.2) is 0 Å². The number of nitrogens with zero attached hydrogens (tertiary/aromatic N) is 2. The molecule has 0 saturated heterocycles. The molecule has 0 spiro atoms. The summed E-state index contributed by atoms with van der Waals surface area (Å²) in [6.07, 6.45) is 2.16. The van der Waals surface area contributed by atoms with Gasteiger partial charge >= 0.3 is 0 Å². The number of rotatable bonds is 8. The molecule has 0 bridgehead atoms. The number of anilines is 1. The number of aromatic nitrogens is 2. The van der Waals surface area contributed by atoms with Crippen LogP contribution in [0.2, 0.25) is 0 Å². The monoisotopic (exact) mass is 359 g/mol. The van der Waals surface area contributed by atoms with E-state index in [4.69, 9.17) is 4.98 Å². The molecule has 0 aliphatic carbocycles. The number of thioether (sulfide) groups is 1. The zero-order valence-electron chi connectivity index (χ0n) is 13.2. The van der Waals surface area contributed by atoms with Crippen molar-refractivity contribution >= 4 is 33.5 Å². The number of hydrogen-bond acceptors (Lipinski definition) is 4. The average molecular weight is 360 g/mol. The van der Waals surface area contributed by atoms with Crippen molar-refractivity contribution in [3.63, 3.8) is 0 Å². The van der Waals surface area contributed by atoms with Gasteiger partial charge in [-0.2, -0.15) is 11.8 Å². The van der Waals surface area contributed by atoms with Crippen LogP contribution in [0.1, 0.15) is 52.6 Å². The molecule has 0 amide bonds. The Morgan fingerprint density at radius 2 is 1.90 bits per heavy atom. The van der Waals surface area contributed by atoms with Crippen LogP contribution in [-0.2, 0) is 12.2 Å². The predicted molar refractivity (Wildman–Crippen MR) is 93.5 cm³/mol. The van der Waals surface area contributed by atoms with E-state index in [0.29, 0.717) is 11.2 Å². The highest BCUT2D eigenvalue weighted by Crippen LogP contribution is 2.27. The Hall–Kier alpha value is -0.290. The molecular weight excluding hydrogens is 334 g/mol. The van der Waals surface area contributed by atoms with Crippen molar-refractivity contribution in [2.45, 2.75) is 58.5 Å². The fraction of sp³-hybridized carbons (Fsp3) is 0.733. The molecule has 3 nitrogen and oxygen atoms in total. The fourth-order valence-electron chi connectivity index (χ4n) is 1.75. The molecular formula is C15H26BrN3S. The first-order chi connectivity index (χ1) is 9.47. The van der Waals surface area contributed by atoms with E-state index in [1.807, 2.05) is 11.8 Å². The van der Waals surface area contributed by atoms with Crippen LogP contribution in [0.4, 0.5) is 5.82 Å². The van der Waals surface area contributed by atoms with Crippen LogP contribution < -0.4 is 5.32 Å². The van der Waals surface area contributed by atoms with E-state index in [-0.39, 0.29) is 0 Å². The van der Waals surface area contributed by atoms with Crippen molar-refractivity contribution in [2.75, 3.05) is 11.9 Å². The van der Waals surface area contributed by atoms with Crippen molar-refractivity contribution in [3.8, 4) is 0 Å². The molecule has 20 heavy (non-hydrogen) atoms. The van der Waals surface area contributed by atoms with Gasteiger partial charge in [-0.05, 0) is 41.6 Å². The summed E-state index contributed by atoms with van der Waals surface area (Å²) in [4.78, 5) is 9.39. The maximum Gasteiger partial charge on any atom is 0.144 e. The predicted octanol–water partition coefficient (Wildman–Crippen LogP) is 4.90.